The zero-order chi connectivity index (χ0) is 19.3. The second-order valence-electron chi connectivity index (χ2n) is 6.63. The van der Waals surface area contributed by atoms with Crippen LogP contribution >= 0.6 is 11.3 Å². The quantitative estimate of drug-likeness (QED) is 0.408. The Kier molecular flexibility index (Phi) is 3.79. The van der Waals surface area contributed by atoms with Gasteiger partial charge in [-0.15, -0.1) is 11.3 Å². The smallest absolute Gasteiger partial charge is 0.326 e. The van der Waals surface area contributed by atoms with Crippen molar-refractivity contribution in [3.63, 3.8) is 0 Å². The van der Waals surface area contributed by atoms with E-state index in [1.54, 1.807) is 28.1 Å². The van der Waals surface area contributed by atoms with Gasteiger partial charge in [0.15, 0.2) is 11.1 Å². The second kappa shape index (κ2) is 6.34. The van der Waals surface area contributed by atoms with Gasteiger partial charge in [-0.05, 0) is 25.0 Å². The number of thiophene rings is 1. The van der Waals surface area contributed by atoms with Crippen LogP contribution in [0, 0.1) is 0 Å². The zero-order valence-electron chi connectivity index (χ0n) is 14.9. The van der Waals surface area contributed by atoms with E-state index in [-0.39, 0.29) is 11.6 Å². The van der Waals surface area contributed by atoms with Crippen molar-refractivity contribution in [2.45, 2.75) is 18.9 Å². The molecule has 5 rings (SSSR count). The molecule has 0 unspecified atom stereocenters. The number of nitrogens with zero attached hydrogens (tertiary/aromatic N) is 4. The molecule has 0 spiro atoms. The molecule has 0 aromatic carbocycles. The molecule has 0 radical (unpaired) electrons. The molecule has 0 atom stereocenters. The fourth-order valence-electron chi connectivity index (χ4n) is 2.95. The van der Waals surface area contributed by atoms with Gasteiger partial charge < -0.3 is 15.4 Å². The third kappa shape index (κ3) is 2.97. The van der Waals surface area contributed by atoms with Gasteiger partial charge in [-0.2, -0.15) is 9.61 Å². The number of H-pyrrole nitrogens is 2. The van der Waals surface area contributed by atoms with Crippen LogP contribution in [-0.2, 0) is 0 Å². The molecule has 1 aliphatic rings. The number of nitrogens with one attached hydrogen (secondary N) is 3. The topological polar surface area (TPSA) is 123 Å². The maximum absolute atomic E-state index is 11.4. The molecule has 0 bridgehead atoms. The van der Waals surface area contributed by atoms with E-state index < -0.39 is 5.69 Å². The van der Waals surface area contributed by atoms with Crippen LogP contribution in [-0.4, -0.2) is 42.8 Å². The highest BCUT2D eigenvalue weighted by atomic mass is 32.1. The number of imidazole rings is 1. The summed E-state index contributed by atoms with van der Waals surface area (Å²) in [6.45, 7) is 0. The maximum Gasteiger partial charge on any atom is 0.326 e. The van der Waals surface area contributed by atoms with Gasteiger partial charge in [0.2, 0.25) is 5.88 Å². The van der Waals surface area contributed by atoms with Gasteiger partial charge in [0, 0.05) is 29.3 Å². The van der Waals surface area contributed by atoms with Gasteiger partial charge in [0.25, 0.3) is 0 Å². The summed E-state index contributed by atoms with van der Waals surface area (Å²) in [6.07, 6.45) is 5.45. The van der Waals surface area contributed by atoms with Crippen molar-refractivity contribution in [3.8, 4) is 17.1 Å². The molecule has 4 heterocycles. The van der Waals surface area contributed by atoms with Crippen molar-refractivity contribution in [2.24, 2.45) is 4.99 Å². The molecule has 1 fully saturated rings. The molecule has 9 nitrogen and oxygen atoms in total. The fraction of sp³-hybridized carbons (Fsp3) is 0.222. The Morgan fingerprint density at radius 2 is 2.25 bits per heavy atom. The average molecular weight is 395 g/mol. The van der Waals surface area contributed by atoms with Gasteiger partial charge in [-0.3, -0.25) is 9.98 Å². The zero-order valence-corrected chi connectivity index (χ0v) is 15.7. The van der Waals surface area contributed by atoms with E-state index in [0.29, 0.717) is 16.9 Å². The van der Waals surface area contributed by atoms with E-state index in [4.69, 9.17) is 9.98 Å². The summed E-state index contributed by atoms with van der Waals surface area (Å²) in [5, 5.41) is 21.2. The van der Waals surface area contributed by atoms with Gasteiger partial charge in [0.05, 0.1) is 22.9 Å². The number of aromatic amines is 2. The highest BCUT2D eigenvalue weighted by Crippen LogP contribution is 2.27. The van der Waals surface area contributed by atoms with Crippen molar-refractivity contribution >= 4 is 28.1 Å². The molecular weight excluding hydrogens is 378 g/mol. The summed E-state index contributed by atoms with van der Waals surface area (Å²) in [4.78, 5) is 25.8. The highest BCUT2D eigenvalue weighted by Gasteiger charge is 2.20. The largest absolute Gasteiger partial charge is 0.493 e. The first-order valence-corrected chi connectivity index (χ1v) is 9.71. The van der Waals surface area contributed by atoms with E-state index in [0.717, 1.165) is 34.6 Å². The predicted octanol–water partition coefficient (Wildman–Crippen LogP) is 0.832. The normalized spacial score (nSPS) is 15.6. The van der Waals surface area contributed by atoms with E-state index in [2.05, 4.69) is 20.4 Å². The summed E-state index contributed by atoms with van der Waals surface area (Å²) < 4.78 is 1.70. The van der Waals surface area contributed by atoms with Crippen LogP contribution in [0.4, 0.5) is 5.00 Å². The highest BCUT2D eigenvalue weighted by molar-refractivity contribution is 7.14. The third-order valence-electron chi connectivity index (χ3n) is 4.52. The summed E-state index contributed by atoms with van der Waals surface area (Å²) in [7, 11) is 1.88. The van der Waals surface area contributed by atoms with Crippen LogP contribution in [0.2, 0.25) is 0 Å². The molecule has 10 heteroatoms. The van der Waals surface area contributed by atoms with Crippen molar-refractivity contribution < 1.29 is 5.11 Å². The first-order valence-electron chi connectivity index (χ1n) is 8.83. The number of rotatable bonds is 4. The van der Waals surface area contributed by atoms with Crippen LogP contribution in [0.15, 0.2) is 33.5 Å². The van der Waals surface area contributed by atoms with Crippen LogP contribution < -0.4 is 21.7 Å². The Bertz CT molecular complexity index is 1360. The van der Waals surface area contributed by atoms with Crippen molar-refractivity contribution in [2.75, 3.05) is 12.4 Å². The first-order chi connectivity index (χ1) is 13.6. The van der Waals surface area contributed by atoms with Gasteiger partial charge in [0.1, 0.15) is 5.69 Å². The fourth-order valence-corrected chi connectivity index (χ4v) is 3.70. The predicted molar refractivity (Wildman–Crippen MR) is 106 cm³/mol. The molecule has 4 aromatic rings. The molecule has 28 heavy (non-hydrogen) atoms. The van der Waals surface area contributed by atoms with Crippen molar-refractivity contribution in [1.29, 1.82) is 0 Å². The lowest BCUT2D eigenvalue weighted by molar-refractivity contribution is 0.454. The number of hydrogen-bond acceptors (Lipinski definition) is 7. The minimum absolute atomic E-state index is 0.222. The molecule has 0 amide bonds. The molecule has 4 N–H and O–H groups in total. The average Bonchev–Trinajstić information content (AvgIpc) is 3.08. The Morgan fingerprint density at radius 1 is 1.39 bits per heavy atom. The summed E-state index contributed by atoms with van der Waals surface area (Å²) in [6, 6.07) is 4.31. The van der Waals surface area contributed by atoms with E-state index >= 15 is 0 Å². The van der Waals surface area contributed by atoms with E-state index in [1.165, 1.54) is 0 Å². The number of fused-ring (bicyclic) bond motifs is 1. The van der Waals surface area contributed by atoms with Crippen LogP contribution in [0.25, 0.3) is 23.0 Å². The molecule has 1 saturated carbocycles. The SMILES string of the molecule is CNc1cc(-c2cc(=NC3CC3)n3ncc(=Cc4[nH]c(=O)[nH]c4O)c3n2)cs1. The Balaban J connectivity index is 1.76. The maximum atomic E-state index is 11.4. The number of aromatic hydroxyl groups is 1. The molecule has 0 saturated heterocycles. The lowest BCUT2D eigenvalue weighted by Crippen LogP contribution is -2.19. The molecule has 0 aliphatic heterocycles. The molecule has 142 valence electrons. The Morgan fingerprint density at radius 3 is 2.93 bits per heavy atom. The molecule has 1 aliphatic carbocycles. The molecular formula is C18H17N7O2S. The van der Waals surface area contributed by atoms with Crippen molar-refractivity contribution in [3.05, 3.63) is 50.6 Å². The Labute approximate surface area is 162 Å². The van der Waals surface area contributed by atoms with E-state index in [1.807, 2.05) is 24.6 Å². The van der Waals surface area contributed by atoms with Crippen LogP contribution in [0.5, 0.6) is 5.88 Å². The van der Waals surface area contributed by atoms with Crippen molar-refractivity contribution in [1.82, 2.24) is 24.6 Å². The minimum Gasteiger partial charge on any atom is -0.493 e. The van der Waals surface area contributed by atoms with Gasteiger partial charge in [-0.25, -0.2) is 9.78 Å². The summed E-state index contributed by atoms with van der Waals surface area (Å²) >= 11 is 1.61. The summed E-state index contributed by atoms with van der Waals surface area (Å²) in [5.41, 5.74) is 2.94. The first kappa shape index (κ1) is 16.8. The number of anilines is 1. The third-order valence-corrected chi connectivity index (χ3v) is 5.47. The number of hydrogen-bond donors (Lipinski definition) is 4. The van der Waals surface area contributed by atoms with Crippen LogP contribution in [0.1, 0.15) is 18.5 Å². The Hall–Kier alpha value is -3.40. The second-order valence-corrected chi connectivity index (χ2v) is 7.54. The summed E-state index contributed by atoms with van der Waals surface area (Å²) in [5.74, 6) is -0.222. The van der Waals surface area contributed by atoms with Gasteiger partial charge in [-0.1, -0.05) is 0 Å². The number of aromatic nitrogens is 5. The van der Waals surface area contributed by atoms with E-state index in [9.17, 15) is 9.90 Å². The molecule has 4 aromatic heterocycles. The van der Waals surface area contributed by atoms with Crippen LogP contribution in [0.3, 0.4) is 0 Å². The monoisotopic (exact) mass is 395 g/mol. The standard InChI is InChI=1S/C18H17N7O2S/c1-19-15-5-10(8-28-15)12-6-14(21-11-2-3-11)25-16(22-12)9(7-20-25)4-13-17(26)24-18(27)23-13/h4-8,11,19,26H,2-3H2,1H3,(H2,23,24,27). The van der Waals surface area contributed by atoms with Gasteiger partial charge >= 0.3 is 5.69 Å². The lowest BCUT2D eigenvalue weighted by atomic mass is 10.2. The lowest BCUT2D eigenvalue weighted by Gasteiger charge is -2.01. The minimum atomic E-state index is -0.476.